The summed E-state index contributed by atoms with van der Waals surface area (Å²) >= 11 is 0. The Morgan fingerprint density at radius 1 is 1.29 bits per heavy atom. The smallest absolute Gasteiger partial charge is 0.246 e. The molecule has 6 nitrogen and oxygen atoms in total. The lowest BCUT2D eigenvalue weighted by Crippen LogP contribution is -2.39. The van der Waals surface area contributed by atoms with Crippen LogP contribution in [-0.2, 0) is 10.0 Å². The monoisotopic (exact) mass is 312 g/mol. The van der Waals surface area contributed by atoms with Gasteiger partial charge in [-0.15, -0.1) is 0 Å². The Bertz CT molecular complexity index is 549. The predicted octanol–water partition coefficient (Wildman–Crippen LogP) is 1.97. The van der Waals surface area contributed by atoms with Crippen molar-refractivity contribution in [1.82, 2.24) is 14.3 Å². The molecule has 1 aromatic rings. The summed E-state index contributed by atoms with van der Waals surface area (Å²) in [5.41, 5.74) is 0. The largest absolute Gasteiger partial charge is 0.355 e. The Morgan fingerprint density at radius 2 is 1.86 bits per heavy atom. The minimum absolute atomic E-state index is 0.173. The Hall–Kier alpha value is -1.21. The van der Waals surface area contributed by atoms with Crippen LogP contribution in [0.1, 0.15) is 33.6 Å². The van der Waals surface area contributed by atoms with E-state index in [1.165, 1.54) is 12.4 Å². The average molecular weight is 312 g/mol. The molecule has 0 atom stereocenters. The fourth-order valence-electron chi connectivity index (χ4n) is 2.63. The third kappa shape index (κ3) is 3.71. The van der Waals surface area contributed by atoms with Gasteiger partial charge in [0.2, 0.25) is 16.0 Å². The molecule has 0 spiro atoms. The maximum atomic E-state index is 12.6. The summed E-state index contributed by atoms with van der Waals surface area (Å²) in [4.78, 5) is 8.26. The quantitative estimate of drug-likeness (QED) is 0.899. The molecule has 2 rings (SSSR count). The number of sulfonamides is 1. The lowest BCUT2D eigenvalue weighted by atomic mass is 9.87. The minimum atomic E-state index is -3.46. The molecule has 1 saturated heterocycles. The van der Waals surface area contributed by atoms with Crippen LogP contribution < -0.4 is 5.32 Å². The standard InChI is InChI=1S/C14H24N4O2S/c1-4-15-14-16-9-13(10-17-14)21(19,20)18-7-5-12(6-8-18)11(2)3/h9-12H,4-8H2,1-3H3,(H,15,16,17). The van der Waals surface area contributed by atoms with E-state index in [-0.39, 0.29) is 4.90 Å². The highest BCUT2D eigenvalue weighted by Crippen LogP contribution is 2.27. The van der Waals surface area contributed by atoms with Crippen molar-refractivity contribution >= 4 is 16.0 Å². The molecule has 1 aliphatic heterocycles. The molecule has 0 amide bonds. The van der Waals surface area contributed by atoms with Gasteiger partial charge in [0, 0.05) is 19.6 Å². The van der Waals surface area contributed by atoms with Gasteiger partial charge in [-0.25, -0.2) is 18.4 Å². The zero-order chi connectivity index (χ0) is 15.5. The van der Waals surface area contributed by atoms with Gasteiger partial charge in [-0.05, 0) is 31.6 Å². The summed E-state index contributed by atoms with van der Waals surface area (Å²) in [5, 5.41) is 2.95. The van der Waals surface area contributed by atoms with Crippen LogP contribution in [0.25, 0.3) is 0 Å². The van der Waals surface area contributed by atoms with E-state index in [2.05, 4.69) is 29.1 Å². The molecule has 1 aliphatic rings. The molecule has 1 fully saturated rings. The number of nitrogens with one attached hydrogen (secondary N) is 1. The first-order valence-corrected chi connectivity index (χ1v) is 8.95. The van der Waals surface area contributed by atoms with Crippen molar-refractivity contribution in [2.75, 3.05) is 25.0 Å². The molecular weight excluding hydrogens is 288 g/mol. The summed E-state index contributed by atoms with van der Waals surface area (Å²) in [6.07, 6.45) is 4.62. The molecule has 0 aromatic carbocycles. The lowest BCUT2D eigenvalue weighted by molar-refractivity contribution is 0.226. The van der Waals surface area contributed by atoms with Gasteiger partial charge in [-0.2, -0.15) is 4.31 Å². The number of nitrogens with zero attached hydrogens (tertiary/aromatic N) is 3. The first-order valence-electron chi connectivity index (χ1n) is 7.51. The Morgan fingerprint density at radius 3 is 2.33 bits per heavy atom. The van der Waals surface area contributed by atoms with Crippen molar-refractivity contribution < 1.29 is 8.42 Å². The van der Waals surface area contributed by atoms with Crippen LogP contribution in [0, 0.1) is 11.8 Å². The van der Waals surface area contributed by atoms with E-state index in [4.69, 9.17) is 0 Å². The zero-order valence-electron chi connectivity index (χ0n) is 12.9. The highest BCUT2D eigenvalue weighted by Gasteiger charge is 2.30. The van der Waals surface area contributed by atoms with E-state index >= 15 is 0 Å². The van der Waals surface area contributed by atoms with Gasteiger partial charge in [0.05, 0.1) is 12.4 Å². The van der Waals surface area contributed by atoms with Crippen LogP contribution in [0.5, 0.6) is 0 Å². The normalized spacial score (nSPS) is 18.1. The van der Waals surface area contributed by atoms with Gasteiger partial charge < -0.3 is 5.32 Å². The van der Waals surface area contributed by atoms with E-state index in [1.807, 2.05) is 6.92 Å². The van der Waals surface area contributed by atoms with Gasteiger partial charge in [0.1, 0.15) is 4.90 Å². The molecule has 0 aliphatic carbocycles. The maximum absolute atomic E-state index is 12.6. The second-order valence-electron chi connectivity index (χ2n) is 5.76. The van der Waals surface area contributed by atoms with E-state index in [0.29, 0.717) is 37.4 Å². The number of rotatable bonds is 5. The summed E-state index contributed by atoms with van der Waals surface area (Å²) in [6, 6.07) is 0. The Kier molecular flexibility index (Phi) is 5.16. The first-order chi connectivity index (χ1) is 9.95. The highest BCUT2D eigenvalue weighted by molar-refractivity contribution is 7.89. The van der Waals surface area contributed by atoms with Crippen LogP contribution in [0.15, 0.2) is 17.3 Å². The van der Waals surface area contributed by atoms with Crippen LogP contribution in [-0.4, -0.2) is 42.3 Å². The van der Waals surface area contributed by atoms with Crippen molar-refractivity contribution in [3.63, 3.8) is 0 Å². The zero-order valence-corrected chi connectivity index (χ0v) is 13.7. The second-order valence-corrected chi connectivity index (χ2v) is 7.70. The molecule has 2 heterocycles. The van der Waals surface area contributed by atoms with Gasteiger partial charge in [0.15, 0.2) is 0 Å². The van der Waals surface area contributed by atoms with Crippen molar-refractivity contribution in [3.05, 3.63) is 12.4 Å². The lowest BCUT2D eigenvalue weighted by Gasteiger charge is -2.32. The molecule has 0 radical (unpaired) electrons. The molecule has 0 unspecified atom stereocenters. The summed E-state index contributed by atoms with van der Waals surface area (Å²) in [7, 11) is -3.46. The molecule has 0 saturated carbocycles. The summed E-state index contributed by atoms with van der Waals surface area (Å²) in [6.45, 7) is 8.20. The average Bonchev–Trinajstić information content (AvgIpc) is 2.48. The van der Waals surface area contributed by atoms with Crippen molar-refractivity contribution in [3.8, 4) is 0 Å². The van der Waals surface area contributed by atoms with Crippen molar-refractivity contribution in [2.45, 2.75) is 38.5 Å². The van der Waals surface area contributed by atoms with Crippen LogP contribution in [0.2, 0.25) is 0 Å². The summed E-state index contributed by atoms with van der Waals surface area (Å²) < 4.78 is 26.7. The van der Waals surface area contributed by atoms with Crippen molar-refractivity contribution in [1.29, 1.82) is 0 Å². The molecule has 1 N–H and O–H groups in total. The topological polar surface area (TPSA) is 75.2 Å². The maximum Gasteiger partial charge on any atom is 0.246 e. The molecule has 1 aromatic heterocycles. The first kappa shape index (κ1) is 16.2. The highest BCUT2D eigenvalue weighted by atomic mass is 32.2. The van der Waals surface area contributed by atoms with Crippen molar-refractivity contribution in [2.24, 2.45) is 11.8 Å². The Balaban J connectivity index is 2.08. The minimum Gasteiger partial charge on any atom is -0.355 e. The molecule has 0 bridgehead atoms. The molecule has 21 heavy (non-hydrogen) atoms. The molecule has 7 heteroatoms. The fraction of sp³-hybridized carbons (Fsp3) is 0.714. The van der Waals surface area contributed by atoms with Crippen LogP contribution >= 0.6 is 0 Å². The molecule has 118 valence electrons. The molecular formula is C14H24N4O2S. The number of aromatic nitrogens is 2. The number of anilines is 1. The van der Waals surface area contributed by atoms with E-state index in [1.54, 1.807) is 4.31 Å². The van der Waals surface area contributed by atoms with E-state index in [9.17, 15) is 8.42 Å². The number of hydrogen-bond donors (Lipinski definition) is 1. The number of piperidine rings is 1. The van der Waals surface area contributed by atoms with E-state index in [0.717, 1.165) is 12.8 Å². The van der Waals surface area contributed by atoms with Gasteiger partial charge >= 0.3 is 0 Å². The summed E-state index contributed by atoms with van der Waals surface area (Å²) in [5.74, 6) is 1.68. The number of hydrogen-bond acceptors (Lipinski definition) is 5. The SMILES string of the molecule is CCNc1ncc(S(=O)(=O)N2CCC(C(C)C)CC2)cn1. The third-order valence-corrected chi connectivity index (χ3v) is 5.89. The fourth-order valence-corrected chi connectivity index (χ4v) is 3.99. The van der Waals surface area contributed by atoms with Crippen LogP contribution in [0.3, 0.4) is 0 Å². The van der Waals surface area contributed by atoms with Gasteiger partial charge in [-0.3, -0.25) is 0 Å². The third-order valence-electron chi connectivity index (χ3n) is 4.04. The van der Waals surface area contributed by atoms with Gasteiger partial charge in [0.25, 0.3) is 0 Å². The second kappa shape index (κ2) is 6.70. The predicted molar refractivity (Wildman–Crippen MR) is 82.5 cm³/mol. The van der Waals surface area contributed by atoms with Crippen LogP contribution in [0.4, 0.5) is 5.95 Å². The van der Waals surface area contributed by atoms with Gasteiger partial charge in [-0.1, -0.05) is 13.8 Å². The van der Waals surface area contributed by atoms with E-state index < -0.39 is 10.0 Å². The Labute approximate surface area is 127 Å².